The first-order valence-corrected chi connectivity index (χ1v) is 8.47. The fourth-order valence-corrected chi connectivity index (χ4v) is 3.50. The van der Waals surface area contributed by atoms with Crippen molar-refractivity contribution < 1.29 is 18.3 Å². The first-order valence-electron chi connectivity index (χ1n) is 6.99. The van der Waals surface area contributed by atoms with Crippen LogP contribution in [0.25, 0.3) is 10.9 Å². The SMILES string of the molecule is Cn1ccc2ccc(NS(=O)(=O)c3ccc(O)c(C(N)=O)c3)cc21. The Morgan fingerprint density at radius 2 is 1.92 bits per heavy atom. The minimum absolute atomic E-state index is 0.166. The van der Waals surface area contributed by atoms with E-state index in [1.807, 2.05) is 23.9 Å². The van der Waals surface area contributed by atoms with E-state index in [1.54, 1.807) is 18.2 Å². The Morgan fingerprint density at radius 3 is 2.62 bits per heavy atom. The summed E-state index contributed by atoms with van der Waals surface area (Å²) in [6.07, 6.45) is 1.88. The van der Waals surface area contributed by atoms with Crippen LogP contribution in [-0.4, -0.2) is 24.0 Å². The number of primary amides is 1. The summed E-state index contributed by atoms with van der Waals surface area (Å²) < 4.78 is 29.3. The molecule has 0 saturated carbocycles. The van der Waals surface area contributed by atoms with Gasteiger partial charge in [-0.05, 0) is 41.8 Å². The quantitative estimate of drug-likeness (QED) is 0.668. The molecule has 0 aliphatic rings. The van der Waals surface area contributed by atoms with Gasteiger partial charge in [0.1, 0.15) is 5.75 Å². The van der Waals surface area contributed by atoms with E-state index in [2.05, 4.69) is 4.72 Å². The molecule has 0 atom stereocenters. The lowest BCUT2D eigenvalue weighted by Gasteiger charge is -2.10. The maximum atomic E-state index is 12.5. The number of sulfonamides is 1. The lowest BCUT2D eigenvalue weighted by Crippen LogP contribution is -2.16. The van der Waals surface area contributed by atoms with Crippen molar-refractivity contribution in [3.8, 4) is 5.75 Å². The summed E-state index contributed by atoms with van der Waals surface area (Å²) in [5.41, 5.74) is 6.14. The Labute approximate surface area is 138 Å². The second-order valence-electron chi connectivity index (χ2n) is 5.35. The number of phenols is 1. The summed E-state index contributed by atoms with van der Waals surface area (Å²) in [4.78, 5) is 11.1. The van der Waals surface area contributed by atoms with E-state index in [-0.39, 0.29) is 16.2 Å². The summed E-state index contributed by atoms with van der Waals surface area (Å²) in [5, 5.41) is 10.6. The minimum atomic E-state index is -3.93. The third-order valence-electron chi connectivity index (χ3n) is 3.68. The number of nitrogens with two attached hydrogens (primary N) is 1. The summed E-state index contributed by atoms with van der Waals surface area (Å²) in [7, 11) is -2.07. The van der Waals surface area contributed by atoms with Gasteiger partial charge in [0, 0.05) is 18.8 Å². The topological polar surface area (TPSA) is 114 Å². The number of nitrogens with zero attached hydrogens (tertiary/aromatic N) is 1. The molecular weight excluding hydrogens is 330 g/mol. The van der Waals surface area contributed by atoms with Gasteiger partial charge in [-0.15, -0.1) is 0 Å². The van der Waals surface area contributed by atoms with Crippen LogP contribution in [0.1, 0.15) is 10.4 Å². The van der Waals surface area contributed by atoms with E-state index in [0.717, 1.165) is 23.0 Å². The maximum absolute atomic E-state index is 12.5. The molecule has 1 aromatic heterocycles. The molecule has 0 fully saturated rings. The molecule has 8 heteroatoms. The van der Waals surface area contributed by atoms with Crippen molar-refractivity contribution in [3.63, 3.8) is 0 Å². The monoisotopic (exact) mass is 345 g/mol. The first-order chi connectivity index (χ1) is 11.3. The number of carbonyl (C=O) groups is 1. The number of hydrogen-bond acceptors (Lipinski definition) is 4. The van der Waals surface area contributed by atoms with Crippen molar-refractivity contribution in [2.24, 2.45) is 12.8 Å². The molecule has 3 rings (SSSR count). The highest BCUT2D eigenvalue weighted by molar-refractivity contribution is 7.92. The molecule has 0 unspecified atom stereocenters. The van der Waals surface area contributed by atoms with E-state index in [4.69, 9.17) is 5.73 Å². The lowest BCUT2D eigenvalue weighted by atomic mass is 10.2. The smallest absolute Gasteiger partial charge is 0.261 e. The van der Waals surface area contributed by atoms with Crippen LogP contribution in [0, 0.1) is 0 Å². The number of benzene rings is 2. The molecule has 0 aliphatic carbocycles. The molecule has 0 bridgehead atoms. The molecule has 1 amide bonds. The second-order valence-corrected chi connectivity index (χ2v) is 7.03. The van der Waals surface area contributed by atoms with Crippen molar-refractivity contribution in [3.05, 3.63) is 54.2 Å². The number of aromatic hydroxyl groups is 1. The first kappa shape index (κ1) is 15.9. The summed E-state index contributed by atoms with van der Waals surface area (Å²) in [6, 6.07) is 10.4. The number of aryl methyl sites for hydroxylation is 1. The zero-order valence-corrected chi connectivity index (χ0v) is 13.5. The van der Waals surface area contributed by atoms with Gasteiger partial charge in [0.2, 0.25) is 0 Å². The van der Waals surface area contributed by atoms with Crippen molar-refractivity contribution in [1.29, 1.82) is 0 Å². The number of fused-ring (bicyclic) bond motifs is 1. The lowest BCUT2D eigenvalue weighted by molar-refractivity contribution is 0.0997. The van der Waals surface area contributed by atoms with Crippen LogP contribution in [0.15, 0.2) is 53.6 Å². The molecule has 124 valence electrons. The number of amides is 1. The van der Waals surface area contributed by atoms with Gasteiger partial charge in [-0.25, -0.2) is 8.42 Å². The molecule has 0 radical (unpaired) electrons. The standard InChI is InChI=1S/C16H15N3O4S/c1-19-7-6-10-2-3-11(8-14(10)19)18-24(22,23)12-4-5-15(20)13(9-12)16(17)21/h2-9,18,20H,1H3,(H2,17,21). The molecule has 7 nitrogen and oxygen atoms in total. The van der Waals surface area contributed by atoms with Crippen LogP contribution in [0.4, 0.5) is 5.69 Å². The molecule has 3 aromatic rings. The molecule has 4 N–H and O–H groups in total. The Bertz CT molecular complexity index is 1050. The summed E-state index contributed by atoms with van der Waals surface area (Å²) in [6.45, 7) is 0. The number of rotatable bonds is 4. The molecule has 24 heavy (non-hydrogen) atoms. The van der Waals surface area contributed by atoms with Gasteiger partial charge < -0.3 is 15.4 Å². The normalized spacial score (nSPS) is 11.5. The molecular formula is C16H15N3O4S. The van der Waals surface area contributed by atoms with Crippen LogP contribution < -0.4 is 10.5 Å². The number of carbonyl (C=O) groups excluding carboxylic acids is 1. The van der Waals surface area contributed by atoms with E-state index in [9.17, 15) is 18.3 Å². The van der Waals surface area contributed by atoms with E-state index in [1.165, 1.54) is 6.07 Å². The van der Waals surface area contributed by atoms with E-state index >= 15 is 0 Å². The zero-order valence-electron chi connectivity index (χ0n) is 12.7. The predicted molar refractivity (Wildman–Crippen MR) is 90.4 cm³/mol. The Kier molecular flexibility index (Phi) is 3.69. The van der Waals surface area contributed by atoms with E-state index < -0.39 is 15.9 Å². The van der Waals surface area contributed by atoms with E-state index in [0.29, 0.717) is 5.69 Å². The molecule has 0 aliphatic heterocycles. The highest BCUT2D eigenvalue weighted by Crippen LogP contribution is 2.25. The molecule has 1 heterocycles. The third-order valence-corrected chi connectivity index (χ3v) is 5.06. The van der Waals surface area contributed by atoms with Gasteiger partial charge in [0.25, 0.3) is 15.9 Å². The Balaban J connectivity index is 1.99. The predicted octanol–water partition coefficient (Wildman–Crippen LogP) is 1.78. The van der Waals surface area contributed by atoms with Crippen LogP contribution in [0.3, 0.4) is 0 Å². The summed E-state index contributed by atoms with van der Waals surface area (Å²) in [5.74, 6) is -1.28. The van der Waals surface area contributed by atoms with Crippen molar-refractivity contribution in [1.82, 2.24) is 4.57 Å². The average Bonchev–Trinajstić information content (AvgIpc) is 2.88. The summed E-state index contributed by atoms with van der Waals surface area (Å²) >= 11 is 0. The molecule has 0 spiro atoms. The van der Waals surface area contributed by atoms with Gasteiger partial charge in [-0.2, -0.15) is 0 Å². The third kappa shape index (κ3) is 2.79. The second kappa shape index (κ2) is 5.57. The highest BCUT2D eigenvalue weighted by atomic mass is 32.2. The van der Waals surface area contributed by atoms with Gasteiger partial charge in [0.05, 0.1) is 16.1 Å². The zero-order chi connectivity index (χ0) is 17.5. The minimum Gasteiger partial charge on any atom is -0.507 e. The van der Waals surface area contributed by atoms with Crippen LogP contribution in [0.2, 0.25) is 0 Å². The van der Waals surface area contributed by atoms with Gasteiger partial charge in [-0.3, -0.25) is 9.52 Å². The molecule has 0 saturated heterocycles. The van der Waals surface area contributed by atoms with Crippen LogP contribution in [-0.2, 0) is 17.1 Å². The largest absolute Gasteiger partial charge is 0.507 e. The maximum Gasteiger partial charge on any atom is 0.261 e. The molecule has 2 aromatic carbocycles. The fraction of sp³-hybridized carbons (Fsp3) is 0.0625. The van der Waals surface area contributed by atoms with Gasteiger partial charge in [0.15, 0.2) is 0 Å². The van der Waals surface area contributed by atoms with Gasteiger partial charge in [-0.1, -0.05) is 6.07 Å². The van der Waals surface area contributed by atoms with Crippen LogP contribution in [0.5, 0.6) is 5.75 Å². The van der Waals surface area contributed by atoms with Crippen molar-refractivity contribution in [2.45, 2.75) is 4.90 Å². The number of hydrogen-bond donors (Lipinski definition) is 3. The van der Waals surface area contributed by atoms with Crippen molar-refractivity contribution in [2.75, 3.05) is 4.72 Å². The van der Waals surface area contributed by atoms with Crippen LogP contribution >= 0.6 is 0 Å². The van der Waals surface area contributed by atoms with Crippen molar-refractivity contribution >= 4 is 32.5 Å². The highest BCUT2D eigenvalue weighted by Gasteiger charge is 2.18. The number of anilines is 1. The fourth-order valence-electron chi connectivity index (χ4n) is 2.42. The Morgan fingerprint density at radius 1 is 1.17 bits per heavy atom. The number of nitrogens with one attached hydrogen (secondary N) is 1. The average molecular weight is 345 g/mol. The number of aromatic nitrogens is 1. The van der Waals surface area contributed by atoms with Gasteiger partial charge >= 0.3 is 0 Å². The Hall–Kier alpha value is -3.00.